The average Bonchev–Trinajstić information content (AvgIpc) is 0.752. The van der Waals surface area contributed by atoms with Crippen molar-refractivity contribution >= 4 is 23.9 Å². The summed E-state index contributed by atoms with van der Waals surface area (Å²) in [6, 6.07) is 0. The van der Waals surface area contributed by atoms with Crippen LogP contribution in [0.15, 0.2) is 0 Å². The number of carboxylic acid groups (broad SMARTS) is 1. The summed E-state index contributed by atoms with van der Waals surface area (Å²) >= 11 is 0. The molecule has 0 aromatic carbocycles. The maximum Gasteiger partial charge on any atom is 0.335 e. The van der Waals surface area contributed by atoms with Crippen LogP contribution in [0.2, 0.25) is 0 Å². The van der Waals surface area contributed by atoms with Crippen molar-refractivity contribution in [3.8, 4) is 0 Å². The first-order chi connectivity index (χ1) is 53.3. The van der Waals surface area contributed by atoms with Crippen molar-refractivity contribution in [3.05, 3.63) is 0 Å². The molecule has 0 spiro atoms. The Balaban J connectivity index is 1.12. The van der Waals surface area contributed by atoms with Gasteiger partial charge >= 0.3 is 23.9 Å². The third-order valence-corrected chi connectivity index (χ3v) is 20.1. The molecule has 0 radical (unpaired) electrons. The van der Waals surface area contributed by atoms with E-state index in [4.69, 9.17) is 104 Å². The number of aliphatic carboxylic acids is 1. The van der Waals surface area contributed by atoms with Gasteiger partial charge in [0.15, 0.2) is 69.0 Å². The number of carbonyl (C=O) groups excluding carboxylic acids is 3. The van der Waals surface area contributed by atoms with Crippen LogP contribution < -0.4 is 0 Å². The standard InChI is InChI=1S/C62H98O51/c1-13(65)92-10-22-31(78)42(48(53(91)99-22)110-55-38(85)26(73)17(69)7-96-55)104-60-49(111-56-39(86)27(74)18(70)8-97-56)43(30(77)21(5-64)101-60)106-62-51(113-58-41(88)34(81)36(83)46(108-58)52(89)90)45(33(80)24(103-62)12-94-15(3)67)107-61-50(112-57-40(87)28(75)19(71)9-98-57)44(32(79)23(102-61)11-93-14(2)66)105-59-47(35(82)29(76)20(4-63)100-59)109-54-37(84)25(72)16(68)6-95-54/h16-51,53-64,68-88,91H,4-12H2,1-3H3,(H,89,90)/t16-,17-,18-,19-,20-,21-,22-,23-,24-,25+,26+,27+,28+,29-,30-,31-,32-,33-,34+,35+,36+,37-,38-,39-,40-,41-,42+,43+,44+,45+,46+,47+,48+,49+,50+,51+,53+,54+,55+,56+,57+,58+,59-,60-,61-,62-/m1/s1. The van der Waals surface area contributed by atoms with Crippen molar-refractivity contribution in [2.75, 3.05) is 59.5 Å². The van der Waals surface area contributed by atoms with Crippen LogP contribution in [0, 0.1) is 0 Å². The molecule has 0 unspecified atom stereocenters. The predicted molar refractivity (Wildman–Crippen MR) is 335 cm³/mol. The van der Waals surface area contributed by atoms with Gasteiger partial charge in [-0.2, -0.15) is 0 Å². The van der Waals surface area contributed by atoms with Crippen molar-refractivity contribution in [2.24, 2.45) is 0 Å². The Morgan fingerprint density at radius 3 is 0.867 bits per heavy atom. The minimum absolute atomic E-state index is 0.751. The van der Waals surface area contributed by atoms with Gasteiger partial charge in [0.05, 0.1) is 39.6 Å². The normalized spacial score (nSPS) is 50.1. The van der Waals surface area contributed by atoms with Gasteiger partial charge in [0.1, 0.15) is 233 Å². The highest BCUT2D eigenvalue weighted by molar-refractivity contribution is 5.73. The lowest BCUT2D eigenvalue weighted by atomic mass is 9.94. The van der Waals surface area contributed by atoms with Crippen LogP contribution >= 0.6 is 0 Å². The lowest BCUT2D eigenvalue weighted by Gasteiger charge is -2.53. The zero-order chi connectivity index (χ0) is 82.8. The number of rotatable bonds is 27. The Hall–Kier alpha value is -3.84. The second-order valence-electron chi connectivity index (χ2n) is 28.1. The fraction of sp³-hybridized carbons (Fsp3) is 0.935. The lowest BCUT2D eigenvalue weighted by molar-refractivity contribution is -0.428. The van der Waals surface area contributed by atoms with E-state index in [0.29, 0.717) is 0 Å². The Labute approximate surface area is 636 Å². The molecule has 0 aliphatic carbocycles. The molecule has 46 atom stereocenters. The number of aliphatic hydroxyl groups excluding tert-OH is 24. The number of hydrogen-bond donors (Lipinski definition) is 25. The van der Waals surface area contributed by atoms with Gasteiger partial charge in [-0.05, 0) is 0 Å². The summed E-state index contributed by atoms with van der Waals surface area (Å²) in [6.07, 6.45) is -106. The highest BCUT2D eigenvalue weighted by Crippen LogP contribution is 2.42. The van der Waals surface area contributed by atoms with Crippen molar-refractivity contribution in [1.82, 2.24) is 0 Å². The maximum atomic E-state index is 12.9. The third kappa shape index (κ3) is 20.6. The average molecular weight is 1660 g/mol. The second-order valence-corrected chi connectivity index (χ2v) is 28.1. The van der Waals surface area contributed by atoms with E-state index in [1.165, 1.54) is 0 Å². The highest BCUT2D eigenvalue weighted by atomic mass is 16.8. The molecule has 0 saturated carbocycles. The van der Waals surface area contributed by atoms with Gasteiger partial charge in [0.2, 0.25) is 0 Å². The van der Waals surface area contributed by atoms with Crippen molar-refractivity contribution in [1.29, 1.82) is 0 Å². The molecule has 10 heterocycles. The first-order valence-corrected chi connectivity index (χ1v) is 35.5. The smallest absolute Gasteiger partial charge is 0.335 e. The van der Waals surface area contributed by atoms with E-state index in [1.54, 1.807) is 0 Å². The van der Waals surface area contributed by atoms with Gasteiger partial charge in [-0.1, -0.05) is 0 Å². The molecule has 113 heavy (non-hydrogen) atoms. The molecule has 10 saturated heterocycles. The minimum atomic E-state index is -2.77. The zero-order valence-corrected chi connectivity index (χ0v) is 59.7. The zero-order valence-electron chi connectivity index (χ0n) is 59.7. The quantitative estimate of drug-likeness (QED) is 0.0268. The maximum absolute atomic E-state index is 12.9. The second kappa shape index (κ2) is 39.6. The first-order valence-electron chi connectivity index (χ1n) is 35.5. The van der Waals surface area contributed by atoms with Gasteiger partial charge in [0, 0.05) is 20.8 Å². The molecule has 10 aliphatic heterocycles. The molecule has 10 aliphatic rings. The molecule has 0 bridgehead atoms. The minimum Gasteiger partial charge on any atom is -0.479 e. The molecule has 0 amide bonds. The van der Waals surface area contributed by atoms with Gasteiger partial charge < -0.3 is 232 Å². The van der Waals surface area contributed by atoms with E-state index in [9.17, 15) is 147 Å². The number of hydrogen-bond acceptors (Lipinski definition) is 50. The fourth-order valence-electron chi connectivity index (χ4n) is 13.7. The van der Waals surface area contributed by atoms with Crippen molar-refractivity contribution < 1.29 is 251 Å². The number of carbonyl (C=O) groups is 4. The van der Waals surface area contributed by atoms with Gasteiger partial charge in [-0.25, -0.2) is 4.79 Å². The Kier molecular flexibility index (Phi) is 32.0. The molecule has 0 aromatic heterocycles. The Bertz CT molecular complexity index is 3030. The number of esters is 3. The molecular weight excluding hydrogens is 1560 g/mol. The van der Waals surface area contributed by atoms with E-state index in [1.807, 2.05) is 0 Å². The molecule has 652 valence electrons. The van der Waals surface area contributed by atoms with Crippen LogP contribution in [0.4, 0.5) is 0 Å². The summed E-state index contributed by atoms with van der Waals surface area (Å²) in [5.74, 6) is -5.30. The topological polar surface area (TPSA) is 777 Å². The van der Waals surface area contributed by atoms with Crippen molar-refractivity contribution in [2.45, 2.75) is 303 Å². The fourth-order valence-corrected chi connectivity index (χ4v) is 13.7. The molecular formula is C62H98O51. The van der Waals surface area contributed by atoms with Gasteiger partial charge in [0.25, 0.3) is 0 Å². The largest absolute Gasteiger partial charge is 0.479 e. The SMILES string of the molecule is CC(=O)OC[C@H]1O[C@H](O[C@H]2[C@H](O)[C@@H](COC(C)=O)O[C@H](O[C@H]3[C@H](O)[C@@H](CO)O[C@H](O[C@H]4[C@H](O)[C@@H](COC(C)=O)O[C@H](O)[C@H]4O[C@@H]4OC[C@@H](O)[C@H](O)[C@H]4O)[C@H]3O[C@@H]3OC[C@@H](O)[C@H](O)[C@H]3O)[C@H]2O[C@@H]2O[C@H](C(=O)O)[C@@H](O)[C@H](O)[C@H]2O)[C@@H](O[C@@H]2OC[C@@H](O)[C@H](O)[C@H]2O)[C@@H](O[C@H]2O[C@H](CO)[C@@H](O)[C@H](O)[C@@H]2O[C@@H]2OC[C@@H](O)[C@H](O)[C@H]2O)[C@@H]1O. The summed E-state index contributed by atoms with van der Waals surface area (Å²) in [4.78, 5) is 50.4. The van der Waals surface area contributed by atoms with Crippen LogP contribution in [0.3, 0.4) is 0 Å². The van der Waals surface area contributed by atoms with Crippen LogP contribution in [-0.2, 0) is 123 Å². The lowest BCUT2D eigenvalue weighted by Crippen LogP contribution is -2.71. The van der Waals surface area contributed by atoms with Crippen molar-refractivity contribution in [3.63, 3.8) is 0 Å². The summed E-state index contributed by atoms with van der Waals surface area (Å²) in [5.41, 5.74) is 0. The van der Waals surface area contributed by atoms with E-state index in [-0.39, 0.29) is 0 Å². The number of carboxylic acids is 1. The van der Waals surface area contributed by atoms with Crippen LogP contribution in [-0.4, -0.2) is 494 Å². The number of ether oxygens (including phenoxy) is 22. The number of aliphatic hydroxyl groups is 24. The van der Waals surface area contributed by atoms with E-state index in [2.05, 4.69) is 0 Å². The molecule has 51 heteroatoms. The van der Waals surface area contributed by atoms with Crippen LogP contribution in [0.25, 0.3) is 0 Å². The molecule has 0 aromatic rings. The summed E-state index contributed by atoms with van der Waals surface area (Å²) in [7, 11) is 0. The molecule has 51 nitrogen and oxygen atoms in total. The van der Waals surface area contributed by atoms with E-state index >= 15 is 0 Å². The Morgan fingerprint density at radius 1 is 0.265 bits per heavy atom. The van der Waals surface area contributed by atoms with Gasteiger partial charge in [-0.3, -0.25) is 14.4 Å². The molecule has 10 fully saturated rings. The van der Waals surface area contributed by atoms with Crippen LogP contribution in [0.5, 0.6) is 0 Å². The highest BCUT2D eigenvalue weighted by Gasteiger charge is 2.63. The van der Waals surface area contributed by atoms with Gasteiger partial charge in [-0.15, -0.1) is 0 Å². The monoisotopic (exact) mass is 1660 g/mol. The summed E-state index contributed by atoms with van der Waals surface area (Å²) < 4.78 is 129. The molecule has 10 rings (SSSR count). The third-order valence-electron chi connectivity index (χ3n) is 20.1. The van der Waals surface area contributed by atoms with E-state index in [0.717, 1.165) is 20.8 Å². The van der Waals surface area contributed by atoms with Crippen LogP contribution in [0.1, 0.15) is 20.8 Å². The summed E-state index contributed by atoms with van der Waals surface area (Å²) in [6.45, 7) is -6.38. The molecule has 25 N–H and O–H groups in total. The first kappa shape index (κ1) is 91.5. The predicted octanol–water partition coefficient (Wildman–Crippen LogP) is -18.4. The van der Waals surface area contributed by atoms with E-state index < -0.39 is 366 Å². The summed E-state index contributed by atoms with van der Waals surface area (Å²) in [5, 5.41) is 281. The Morgan fingerprint density at radius 2 is 0.531 bits per heavy atom.